The van der Waals surface area contributed by atoms with E-state index < -0.39 is 0 Å². The van der Waals surface area contributed by atoms with Crippen LogP contribution in [-0.4, -0.2) is 23.0 Å². The number of aryl methyl sites for hydroxylation is 1. The standard InChI is InChI=1S/C13H20N2S/c1-10-6-7-11(9-15-10)13(14-2)12-5-3-4-8-16-12/h6-7,9,12-14H,3-5,8H2,1-2H3. The zero-order valence-electron chi connectivity index (χ0n) is 10.1. The first-order valence-electron chi connectivity index (χ1n) is 6.02. The molecule has 0 bridgehead atoms. The number of nitrogens with one attached hydrogen (secondary N) is 1. The van der Waals surface area contributed by atoms with Gasteiger partial charge in [0.25, 0.3) is 0 Å². The smallest absolute Gasteiger partial charge is 0.0453 e. The maximum absolute atomic E-state index is 4.39. The lowest BCUT2D eigenvalue weighted by Crippen LogP contribution is -2.29. The van der Waals surface area contributed by atoms with E-state index in [0.29, 0.717) is 11.3 Å². The summed E-state index contributed by atoms with van der Waals surface area (Å²) in [5, 5.41) is 4.16. The fraction of sp³-hybridized carbons (Fsp3) is 0.615. The maximum Gasteiger partial charge on any atom is 0.0453 e. The molecule has 88 valence electrons. The van der Waals surface area contributed by atoms with Crippen molar-refractivity contribution in [1.82, 2.24) is 10.3 Å². The average Bonchev–Trinajstić information content (AvgIpc) is 2.34. The highest BCUT2D eigenvalue weighted by Gasteiger charge is 2.24. The molecule has 1 aliphatic heterocycles. The maximum atomic E-state index is 4.39. The molecule has 2 heterocycles. The number of aromatic nitrogens is 1. The zero-order chi connectivity index (χ0) is 11.4. The quantitative estimate of drug-likeness (QED) is 0.873. The summed E-state index contributed by atoms with van der Waals surface area (Å²) in [6.45, 7) is 2.04. The second kappa shape index (κ2) is 5.69. The van der Waals surface area contributed by atoms with Gasteiger partial charge in [-0.15, -0.1) is 0 Å². The summed E-state index contributed by atoms with van der Waals surface area (Å²) < 4.78 is 0. The number of thioether (sulfide) groups is 1. The lowest BCUT2D eigenvalue weighted by Gasteiger charge is -2.29. The van der Waals surface area contributed by atoms with Crippen molar-refractivity contribution in [2.75, 3.05) is 12.8 Å². The van der Waals surface area contributed by atoms with Gasteiger partial charge in [-0.05, 0) is 44.2 Å². The summed E-state index contributed by atoms with van der Waals surface area (Å²) in [6, 6.07) is 4.77. The highest BCUT2D eigenvalue weighted by molar-refractivity contribution is 8.00. The Kier molecular flexibility index (Phi) is 4.24. The minimum absolute atomic E-state index is 0.457. The molecule has 0 spiro atoms. The highest BCUT2D eigenvalue weighted by Crippen LogP contribution is 2.34. The molecule has 0 saturated carbocycles. The molecule has 2 nitrogen and oxygen atoms in total. The van der Waals surface area contributed by atoms with E-state index in [2.05, 4.69) is 41.2 Å². The van der Waals surface area contributed by atoms with Crippen molar-refractivity contribution in [1.29, 1.82) is 0 Å². The average molecular weight is 236 g/mol. The Morgan fingerprint density at radius 1 is 1.44 bits per heavy atom. The SMILES string of the molecule is CNC(c1ccc(C)nc1)C1CCCCS1. The summed E-state index contributed by atoms with van der Waals surface area (Å²) in [5.41, 5.74) is 2.42. The molecule has 2 unspecified atom stereocenters. The Labute approximate surface area is 102 Å². The molecule has 3 heteroatoms. The van der Waals surface area contributed by atoms with Gasteiger partial charge in [-0.25, -0.2) is 0 Å². The normalized spacial score (nSPS) is 23.0. The topological polar surface area (TPSA) is 24.9 Å². The summed E-state index contributed by atoms with van der Waals surface area (Å²) >= 11 is 2.10. The van der Waals surface area contributed by atoms with Crippen LogP contribution >= 0.6 is 11.8 Å². The van der Waals surface area contributed by atoms with E-state index in [1.165, 1.54) is 30.6 Å². The number of rotatable bonds is 3. The molecule has 0 aromatic carbocycles. The van der Waals surface area contributed by atoms with E-state index in [4.69, 9.17) is 0 Å². The number of pyridine rings is 1. The lowest BCUT2D eigenvalue weighted by molar-refractivity contribution is 0.515. The van der Waals surface area contributed by atoms with Crippen LogP contribution in [-0.2, 0) is 0 Å². The monoisotopic (exact) mass is 236 g/mol. The fourth-order valence-electron chi connectivity index (χ4n) is 2.26. The van der Waals surface area contributed by atoms with Gasteiger partial charge in [0.05, 0.1) is 0 Å². The van der Waals surface area contributed by atoms with Crippen molar-refractivity contribution >= 4 is 11.8 Å². The molecule has 1 saturated heterocycles. The largest absolute Gasteiger partial charge is 0.312 e. The van der Waals surface area contributed by atoms with Gasteiger partial charge in [0.1, 0.15) is 0 Å². The van der Waals surface area contributed by atoms with Crippen LogP contribution in [0.2, 0.25) is 0 Å². The van der Waals surface area contributed by atoms with Crippen molar-refractivity contribution in [3.63, 3.8) is 0 Å². The van der Waals surface area contributed by atoms with Crippen LogP contribution in [0.25, 0.3) is 0 Å². The number of hydrogen-bond acceptors (Lipinski definition) is 3. The first-order valence-corrected chi connectivity index (χ1v) is 7.07. The van der Waals surface area contributed by atoms with Crippen molar-refractivity contribution in [3.05, 3.63) is 29.6 Å². The van der Waals surface area contributed by atoms with E-state index in [-0.39, 0.29) is 0 Å². The third kappa shape index (κ3) is 2.77. The van der Waals surface area contributed by atoms with Crippen LogP contribution in [0, 0.1) is 6.92 Å². The predicted octanol–water partition coefficient (Wildman–Crippen LogP) is 2.94. The molecule has 16 heavy (non-hydrogen) atoms. The Morgan fingerprint density at radius 3 is 2.88 bits per heavy atom. The molecule has 1 N–H and O–H groups in total. The van der Waals surface area contributed by atoms with Crippen LogP contribution in [0.15, 0.2) is 18.3 Å². The Bertz CT molecular complexity index is 317. The Balaban J connectivity index is 2.11. The first kappa shape index (κ1) is 11.9. The van der Waals surface area contributed by atoms with E-state index in [1.807, 2.05) is 13.1 Å². The van der Waals surface area contributed by atoms with Gasteiger partial charge in [0.2, 0.25) is 0 Å². The number of nitrogens with zero attached hydrogens (tertiary/aromatic N) is 1. The third-order valence-electron chi connectivity index (χ3n) is 3.19. The molecular weight excluding hydrogens is 216 g/mol. The van der Waals surface area contributed by atoms with Gasteiger partial charge >= 0.3 is 0 Å². The fourth-order valence-corrected chi connectivity index (χ4v) is 3.75. The van der Waals surface area contributed by atoms with Crippen molar-refractivity contribution in [3.8, 4) is 0 Å². The van der Waals surface area contributed by atoms with Crippen LogP contribution in [0.1, 0.15) is 36.6 Å². The third-order valence-corrected chi connectivity index (χ3v) is 4.65. The molecule has 0 aliphatic carbocycles. The molecular formula is C13H20N2S. The van der Waals surface area contributed by atoms with Crippen molar-refractivity contribution in [2.24, 2.45) is 0 Å². The summed E-state index contributed by atoms with van der Waals surface area (Å²) in [5.74, 6) is 1.31. The Morgan fingerprint density at radius 2 is 2.31 bits per heavy atom. The van der Waals surface area contributed by atoms with Gasteiger partial charge in [-0.1, -0.05) is 12.5 Å². The molecule has 1 aromatic rings. The van der Waals surface area contributed by atoms with E-state index >= 15 is 0 Å². The van der Waals surface area contributed by atoms with E-state index in [0.717, 1.165) is 5.69 Å². The van der Waals surface area contributed by atoms with Crippen molar-refractivity contribution in [2.45, 2.75) is 37.5 Å². The summed E-state index contributed by atoms with van der Waals surface area (Å²) in [4.78, 5) is 4.39. The van der Waals surface area contributed by atoms with Gasteiger partial charge in [-0.2, -0.15) is 11.8 Å². The molecule has 0 radical (unpaired) electrons. The van der Waals surface area contributed by atoms with Gasteiger partial charge in [0.15, 0.2) is 0 Å². The Hall–Kier alpha value is -0.540. The van der Waals surface area contributed by atoms with Gasteiger partial charge in [0, 0.05) is 23.2 Å². The summed E-state index contributed by atoms with van der Waals surface area (Å²) in [7, 11) is 2.06. The lowest BCUT2D eigenvalue weighted by atomic mass is 10.0. The zero-order valence-corrected chi connectivity index (χ0v) is 10.9. The predicted molar refractivity (Wildman–Crippen MR) is 70.9 cm³/mol. The highest BCUT2D eigenvalue weighted by atomic mass is 32.2. The first-order chi connectivity index (χ1) is 7.81. The van der Waals surface area contributed by atoms with Crippen LogP contribution in [0.3, 0.4) is 0 Å². The molecule has 1 aromatic heterocycles. The van der Waals surface area contributed by atoms with Crippen LogP contribution in [0.4, 0.5) is 0 Å². The second-order valence-corrected chi connectivity index (χ2v) is 5.75. The second-order valence-electron chi connectivity index (χ2n) is 4.40. The van der Waals surface area contributed by atoms with E-state index in [1.54, 1.807) is 0 Å². The molecule has 2 atom stereocenters. The minimum atomic E-state index is 0.457. The van der Waals surface area contributed by atoms with Crippen molar-refractivity contribution < 1.29 is 0 Å². The molecule has 0 amide bonds. The van der Waals surface area contributed by atoms with Crippen LogP contribution in [0.5, 0.6) is 0 Å². The van der Waals surface area contributed by atoms with Gasteiger partial charge < -0.3 is 5.32 Å². The van der Waals surface area contributed by atoms with E-state index in [9.17, 15) is 0 Å². The summed E-state index contributed by atoms with van der Waals surface area (Å²) in [6.07, 6.45) is 6.09. The molecule has 1 aliphatic rings. The van der Waals surface area contributed by atoms with Crippen LogP contribution < -0.4 is 5.32 Å². The minimum Gasteiger partial charge on any atom is -0.312 e. The van der Waals surface area contributed by atoms with Gasteiger partial charge in [-0.3, -0.25) is 4.98 Å². The molecule has 1 fully saturated rings. The molecule has 2 rings (SSSR count). The number of hydrogen-bond donors (Lipinski definition) is 1.